The van der Waals surface area contributed by atoms with Crippen LogP contribution >= 0.6 is 0 Å². The number of carbonyl (C=O) groups excluding carboxylic acids is 1. The molecule has 2 aromatic rings. The lowest BCUT2D eigenvalue weighted by molar-refractivity contribution is -0.134. The van der Waals surface area contributed by atoms with Crippen molar-refractivity contribution < 1.29 is 9.53 Å². The first kappa shape index (κ1) is 18.4. The van der Waals surface area contributed by atoms with Crippen LogP contribution in [0.5, 0.6) is 0 Å². The molecule has 0 aromatic heterocycles. The van der Waals surface area contributed by atoms with E-state index in [-0.39, 0.29) is 5.97 Å². The molecular formula is C21H24O2. The fraction of sp³-hybridized carbons (Fsp3) is 0.190. The molecule has 0 saturated carbocycles. The predicted octanol–water partition coefficient (Wildman–Crippen LogP) is 5.21. The minimum absolute atomic E-state index is 0.333. The molecule has 0 radical (unpaired) electrons. The van der Waals surface area contributed by atoms with Gasteiger partial charge in [-0.25, -0.2) is 4.79 Å². The van der Waals surface area contributed by atoms with E-state index < -0.39 is 0 Å². The minimum Gasteiger partial charge on any atom is -0.466 e. The Hall–Kier alpha value is -2.61. The third kappa shape index (κ3) is 7.82. The second-order valence-corrected chi connectivity index (χ2v) is 5.18. The van der Waals surface area contributed by atoms with Gasteiger partial charge in [-0.1, -0.05) is 71.8 Å². The van der Waals surface area contributed by atoms with E-state index in [1.54, 1.807) is 6.08 Å². The molecule has 0 unspecified atom stereocenters. The third-order valence-corrected chi connectivity index (χ3v) is 3.13. The highest BCUT2D eigenvalue weighted by Gasteiger charge is 1.91. The zero-order valence-electron chi connectivity index (χ0n) is 14.2. The van der Waals surface area contributed by atoms with Crippen molar-refractivity contribution in [3.8, 4) is 0 Å². The van der Waals surface area contributed by atoms with Crippen LogP contribution < -0.4 is 0 Å². The summed E-state index contributed by atoms with van der Waals surface area (Å²) in [4.78, 5) is 10.7. The van der Waals surface area contributed by atoms with Gasteiger partial charge in [-0.15, -0.1) is 0 Å². The molecule has 2 nitrogen and oxygen atoms in total. The van der Waals surface area contributed by atoms with Crippen molar-refractivity contribution in [1.29, 1.82) is 0 Å². The number of allylic oxidation sites excluding steroid dienone is 1. The third-order valence-electron chi connectivity index (χ3n) is 3.13. The average Bonchev–Trinajstić information content (AvgIpc) is 2.57. The lowest BCUT2D eigenvalue weighted by atomic mass is 10.1. The van der Waals surface area contributed by atoms with Gasteiger partial charge in [-0.2, -0.15) is 0 Å². The minimum atomic E-state index is -0.333. The topological polar surface area (TPSA) is 26.3 Å². The van der Waals surface area contributed by atoms with Gasteiger partial charge in [0.2, 0.25) is 0 Å². The van der Waals surface area contributed by atoms with Crippen LogP contribution in [0.4, 0.5) is 0 Å². The smallest absolute Gasteiger partial charge is 0.330 e. The van der Waals surface area contributed by atoms with E-state index in [9.17, 15) is 4.79 Å². The van der Waals surface area contributed by atoms with Gasteiger partial charge in [-0.05, 0) is 38.0 Å². The Labute approximate surface area is 139 Å². The number of ether oxygens (including phenoxy) is 1. The predicted molar refractivity (Wildman–Crippen MR) is 98.1 cm³/mol. The van der Waals surface area contributed by atoms with Gasteiger partial charge >= 0.3 is 5.97 Å². The van der Waals surface area contributed by atoms with Gasteiger partial charge in [0.15, 0.2) is 0 Å². The van der Waals surface area contributed by atoms with E-state index >= 15 is 0 Å². The highest BCUT2D eigenvalue weighted by Crippen LogP contribution is 2.05. The van der Waals surface area contributed by atoms with Crippen LogP contribution in [0.15, 0.2) is 60.7 Å². The van der Waals surface area contributed by atoms with Gasteiger partial charge in [0.05, 0.1) is 7.11 Å². The molecule has 23 heavy (non-hydrogen) atoms. The summed E-state index contributed by atoms with van der Waals surface area (Å²) < 4.78 is 4.47. The van der Waals surface area contributed by atoms with Gasteiger partial charge < -0.3 is 4.74 Å². The number of benzene rings is 2. The van der Waals surface area contributed by atoms with Crippen molar-refractivity contribution in [2.24, 2.45) is 0 Å². The summed E-state index contributed by atoms with van der Waals surface area (Å²) >= 11 is 0. The Morgan fingerprint density at radius 2 is 1.26 bits per heavy atom. The number of carbonyl (C=O) groups is 1. The largest absolute Gasteiger partial charge is 0.466 e. The highest BCUT2D eigenvalue weighted by atomic mass is 16.5. The molecule has 120 valence electrons. The Morgan fingerprint density at radius 1 is 0.826 bits per heavy atom. The van der Waals surface area contributed by atoms with Gasteiger partial charge in [0, 0.05) is 6.08 Å². The number of hydrogen-bond donors (Lipinski definition) is 0. The summed E-state index contributed by atoms with van der Waals surface area (Å²) in [5.41, 5.74) is 4.78. The van der Waals surface area contributed by atoms with Crippen molar-refractivity contribution in [2.75, 3.05) is 7.11 Å². The Balaban J connectivity index is 0.000000238. The van der Waals surface area contributed by atoms with E-state index in [4.69, 9.17) is 0 Å². The molecule has 0 aliphatic carbocycles. The lowest BCUT2D eigenvalue weighted by Crippen LogP contribution is -1.93. The zero-order chi connectivity index (χ0) is 17.1. The number of esters is 1. The summed E-state index contributed by atoms with van der Waals surface area (Å²) in [7, 11) is 1.36. The fourth-order valence-corrected chi connectivity index (χ4v) is 1.78. The molecule has 2 heteroatoms. The summed E-state index contributed by atoms with van der Waals surface area (Å²) in [6.45, 7) is 6.15. The van der Waals surface area contributed by atoms with Crippen LogP contribution in [-0.2, 0) is 9.53 Å². The molecule has 0 aliphatic rings. The maximum absolute atomic E-state index is 10.7. The van der Waals surface area contributed by atoms with Crippen LogP contribution in [0.2, 0.25) is 0 Å². The molecule has 0 fully saturated rings. The highest BCUT2D eigenvalue weighted by molar-refractivity contribution is 5.86. The Bertz CT molecular complexity index is 647. The maximum atomic E-state index is 10.7. The first-order chi connectivity index (χ1) is 11.0. The number of hydrogen-bond acceptors (Lipinski definition) is 2. The van der Waals surface area contributed by atoms with E-state index in [0.717, 1.165) is 5.56 Å². The fourth-order valence-electron chi connectivity index (χ4n) is 1.78. The van der Waals surface area contributed by atoms with Gasteiger partial charge in [0.1, 0.15) is 0 Å². The Morgan fingerprint density at radius 3 is 1.65 bits per heavy atom. The van der Waals surface area contributed by atoms with E-state index in [1.807, 2.05) is 44.2 Å². The molecule has 0 heterocycles. The summed E-state index contributed by atoms with van der Waals surface area (Å²) in [6, 6.07) is 16.4. The quantitative estimate of drug-likeness (QED) is 0.575. The number of aryl methyl sites for hydroxylation is 2. The molecule has 0 bridgehead atoms. The van der Waals surface area contributed by atoms with Crippen molar-refractivity contribution in [3.05, 3.63) is 82.9 Å². The number of rotatable bonds is 3. The second-order valence-electron chi connectivity index (χ2n) is 5.18. The van der Waals surface area contributed by atoms with Gasteiger partial charge in [-0.3, -0.25) is 0 Å². The average molecular weight is 308 g/mol. The summed E-state index contributed by atoms with van der Waals surface area (Å²) in [6.07, 6.45) is 7.28. The van der Waals surface area contributed by atoms with Gasteiger partial charge in [0.25, 0.3) is 0 Å². The van der Waals surface area contributed by atoms with E-state index in [0.29, 0.717) is 0 Å². The summed E-state index contributed by atoms with van der Waals surface area (Å²) in [5.74, 6) is -0.333. The SMILES string of the molecule is C/C=C/c1ccc(C)cc1.COC(=O)/C=C/c1ccc(C)cc1. The molecule has 2 aromatic carbocycles. The van der Waals surface area contributed by atoms with Crippen molar-refractivity contribution in [3.63, 3.8) is 0 Å². The van der Waals surface area contributed by atoms with Crippen LogP contribution in [0.25, 0.3) is 12.2 Å². The molecule has 0 amide bonds. The molecule has 2 rings (SSSR count). The molecule has 0 saturated heterocycles. The first-order valence-corrected chi connectivity index (χ1v) is 7.57. The van der Waals surface area contributed by atoms with Crippen molar-refractivity contribution in [2.45, 2.75) is 20.8 Å². The molecule has 0 atom stereocenters. The van der Waals surface area contributed by atoms with Crippen molar-refractivity contribution >= 4 is 18.1 Å². The lowest BCUT2D eigenvalue weighted by Gasteiger charge is -1.94. The van der Waals surface area contributed by atoms with Crippen molar-refractivity contribution in [1.82, 2.24) is 0 Å². The second kappa shape index (κ2) is 10.2. The zero-order valence-corrected chi connectivity index (χ0v) is 14.2. The maximum Gasteiger partial charge on any atom is 0.330 e. The Kier molecular flexibility index (Phi) is 8.16. The monoisotopic (exact) mass is 308 g/mol. The van der Waals surface area contributed by atoms with E-state index in [1.165, 1.54) is 29.9 Å². The van der Waals surface area contributed by atoms with E-state index in [2.05, 4.69) is 42.0 Å². The molecule has 0 aliphatic heterocycles. The van der Waals surface area contributed by atoms with Crippen LogP contribution in [0.3, 0.4) is 0 Å². The standard InChI is InChI=1S/C11H12O2.C10H12/c1-9-3-5-10(6-4-9)7-8-11(12)13-2;1-3-4-10-7-5-9(2)6-8-10/h3-8H,1-2H3;3-8H,1-2H3/b8-7+;4-3+. The molecular weight excluding hydrogens is 284 g/mol. The number of methoxy groups -OCH3 is 1. The van der Waals surface area contributed by atoms with Crippen LogP contribution in [0.1, 0.15) is 29.2 Å². The normalized spacial score (nSPS) is 10.4. The van der Waals surface area contributed by atoms with Crippen LogP contribution in [-0.4, -0.2) is 13.1 Å². The molecule has 0 N–H and O–H groups in total. The van der Waals surface area contributed by atoms with Crippen LogP contribution in [0, 0.1) is 13.8 Å². The first-order valence-electron chi connectivity index (χ1n) is 7.57. The molecule has 0 spiro atoms. The summed E-state index contributed by atoms with van der Waals surface area (Å²) in [5, 5.41) is 0.